The average Bonchev–Trinajstić information content (AvgIpc) is 2.78. The number of carboxylic acid groups (broad SMARTS) is 1. The first-order chi connectivity index (χ1) is 7.68. The Morgan fingerprint density at radius 2 is 1.94 bits per heavy atom. The molecule has 5 heteroatoms. The van der Waals surface area contributed by atoms with Gasteiger partial charge in [-0.2, -0.15) is 0 Å². The van der Waals surface area contributed by atoms with E-state index < -0.39 is 5.97 Å². The van der Waals surface area contributed by atoms with Gasteiger partial charge in [-0.15, -0.1) is 0 Å². The van der Waals surface area contributed by atoms with Crippen molar-refractivity contribution in [2.75, 3.05) is 0 Å². The highest BCUT2D eigenvalue weighted by atomic mass is 16.4. The molecule has 2 aromatic rings. The Balaban J connectivity index is 2.31. The Bertz CT molecular complexity index is 530. The maximum atomic E-state index is 11.8. The van der Waals surface area contributed by atoms with E-state index in [1.54, 1.807) is 18.3 Å². The maximum Gasteiger partial charge on any atom is 0.371 e. The summed E-state index contributed by atoms with van der Waals surface area (Å²) in [6.45, 7) is 0. The molecule has 2 rings (SSSR count). The van der Waals surface area contributed by atoms with Gasteiger partial charge in [0, 0.05) is 18.0 Å². The smallest absolute Gasteiger partial charge is 0.371 e. The summed E-state index contributed by atoms with van der Waals surface area (Å²) in [5, 5.41) is 8.63. The summed E-state index contributed by atoms with van der Waals surface area (Å²) >= 11 is 0. The molecule has 0 atom stereocenters. The average molecular weight is 217 g/mol. The van der Waals surface area contributed by atoms with Crippen molar-refractivity contribution in [2.24, 2.45) is 0 Å². The van der Waals surface area contributed by atoms with Crippen molar-refractivity contribution in [3.05, 3.63) is 53.7 Å². The highest BCUT2D eigenvalue weighted by molar-refractivity contribution is 6.07. The molecule has 0 spiro atoms. The van der Waals surface area contributed by atoms with E-state index in [2.05, 4.69) is 4.98 Å². The van der Waals surface area contributed by atoms with Crippen molar-refractivity contribution >= 4 is 11.8 Å². The van der Waals surface area contributed by atoms with Crippen molar-refractivity contribution in [1.29, 1.82) is 0 Å². The number of rotatable bonds is 3. The zero-order valence-electron chi connectivity index (χ0n) is 8.08. The van der Waals surface area contributed by atoms with E-state index in [9.17, 15) is 9.59 Å². The van der Waals surface area contributed by atoms with E-state index in [-0.39, 0.29) is 17.3 Å². The Morgan fingerprint density at radius 3 is 2.50 bits per heavy atom. The van der Waals surface area contributed by atoms with Gasteiger partial charge in [0.2, 0.25) is 11.5 Å². The minimum atomic E-state index is -1.20. The van der Waals surface area contributed by atoms with Crippen molar-refractivity contribution < 1.29 is 19.1 Å². The van der Waals surface area contributed by atoms with Gasteiger partial charge in [0.25, 0.3) is 0 Å². The lowest BCUT2D eigenvalue weighted by Gasteiger charge is -1.95. The second-order valence-electron chi connectivity index (χ2n) is 3.04. The Morgan fingerprint density at radius 1 is 1.19 bits per heavy atom. The lowest BCUT2D eigenvalue weighted by atomic mass is 10.1. The van der Waals surface area contributed by atoms with Gasteiger partial charge < -0.3 is 9.52 Å². The highest BCUT2D eigenvalue weighted by Crippen LogP contribution is 2.12. The van der Waals surface area contributed by atoms with Crippen LogP contribution in [0.25, 0.3) is 0 Å². The quantitative estimate of drug-likeness (QED) is 0.790. The molecule has 0 saturated heterocycles. The number of pyridine rings is 1. The molecule has 0 aliphatic heterocycles. The first-order valence-corrected chi connectivity index (χ1v) is 4.46. The van der Waals surface area contributed by atoms with E-state index >= 15 is 0 Å². The number of ketones is 1. The largest absolute Gasteiger partial charge is 0.475 e. The number of furan rings is 1. The van der Waals surface area contributed by atoms with Gasteiger partial charge in [-0.3, -0.25) is 9.78 Å². The lowest BCUT2D eigenvalue weighted by Crippen LogP contribution is -2.00. The van der Waals surface area contributed by atoms with E-state index in [4.69, 9.17) is 9.52 Å². The predicted molar refractivity (Wildman–Crippen MR) is 53.3 cm³/mol. The number of carbonyl (C=O) groups is 2. The number of aromatic nitrogens is 1. The molecule has 5 nitrogen and oxygen atoms in total. The van der Waals surface area contributed by atoms with Crippen LogP contribution in [0.1, 0.15) is 26.7 Å². The topological polar surface area (TPSA) is 80.4 Å². The molecule has 0 aliphatic rings. The van der Waals surface area contributed by atoms with E-state index in [0.29, 0.717) is 5.56 Å². The third-order valence-corrected chi connectivity index (χ3v) is 1.96. The summed E-state index contributed by atoms with van der Waals surface area (Å²) in [7, 11) is 0. The molecule has 16 heavy (non-hydrogen) atoms. The normalized spacial score (nSPS) is 10.0. The molecule has 0 unspecified atom stereocenters. The molecule has 0 amide bonds. The third-order valence-electron chi connectivity index (χ3n) is 1.96. The van der Waals surface area contributed by atoms with Gasteiger partial charge >= 0.3 is 5.97 Å². The molecule has 0 fully saturated rings. The van der Waals surface area contributed by atoms with Crippen LogP contribution < -0.4 is 0 Å². The second-order valence-corrected chi connectivity index (χ2v) is 3.04. The summed E-state index contributed by atoms with van der Waals surface area (Å²) in [5.74, 6) is -1.86. The van der Waals surface area contributed by atoms with Crippen molar-refractivity contribution in [3.63, 3.8) is 0 Å². The lowest BCUT2D eigenvalue weighted by molar-refractivity contribution is 0.0660. The molecular formula is C11H7NO4. The minimum Gasteiger partial charge on any atom is -0.475 e. The van der Waals surface area contributed by atoms with Crippen LogP contribution in [0, 0.1) is 0 Å². The van der Waals surface area contributed by atoms with Crippen LogP contribution in [0.15, 0.2) is 41.1 Å². The highest BCUT2D eigenvalue weighted by Gasteiger charge is 2.16. The van der Waals surface area contributed by atoms with Gasteiger partial charge in [-0.1, -0.05) is 0 Å². The number of aromatic carboxylic acids is 1. The minimum absolute atomic E-state index is 0.00889. The number of nitrogens with zero attached hydrogens (tertiary/aromatic N) is 1. The molecular weight excluding hydrogens is 210 g/mol. The molecule has 0 aliphatic carbocycles. The fourth-order valence-electron chi connectivity index (χ4n) is 1.21. The Labute approximate surface area is 90.3 Å². The standard InChI is InChI=1S/C11H7NO4/c13-10(7-2-1-5-12-6-7)8-3-4-9(16-8)11(14)15/h1-6H,(H,14,15). The van der Waals surface area contributed by atoms with Gasteiger partial charge in [-0.25, -0.2) is 4.79 Å². The van der Waals surface area contributed by atoms with Crippen LogP contribution in [0.2, 0.25) is 0 Å². The number of carboxylic acids is 1. The van der Waals surface area contributed by atoms with Crippen molar-refractivity contribution in [2.45, 2.75) is 0 Å². The fourth-order valence-corrected chi connectivity index (χ4v) is 1.21. The summed E-state index contributed by atoms with van der Waals surface area (Å²) in [4.78, 5) is 26.1. The number of hydrogen-bond donors (Lipinski definition) is 1. The van der Waals surface area contributed by atoms with Crippen molar-refractivity contribution in [1.82, 2.24) is 4.98 Å². The molecule has 0 bridgehead atoms. The van der Waals surface area contributed by atoms with Crippen LogP contribution in [0.4, 0.5) is 0 Å². The van der Waals surface area contributed by atoms with Crippen LogP contribution in [-0.2, 0) is 0 Å². The zero-order valence-corrected chi connectivity index (χ0v) is 8.08. The van der Waals surface area contributed by atoms with Crippen LogP contribution in [-0.4, -0.2) is 21.8 Å². The van der Waals surface area contributed by atoms with E-state index in [1.165, 1.54) is 18.3 Å². The first-order valence-electron chi connectivity index (χ1n) is 4.46. The van der Waals surface area contributed by atoms with Gasteiger partial charge in [0.15, 0.2) is 5.76 Å². The monoisotopic (exact) mass is 217 g/mol. The summed E-state index contributed by atoms with van der Waals surface area (Å²) in [5.41, 5.74) is 0.355. The van der Waals surface area contributed by atoms with Gasteiger partial charge in [-0.05, 0) is 24.3 Å². The summed E-state index contributed by atoms with van der Waals surface area (Å²) in [6, 6.07) is 5.78. The summed E-state index contributed by atoms with van der Waals surface area (Å²) in [6.07, 6.45) is 2.94. The zero-order chi connectivity index (χ0) is 11.5. The molecule has 2 heterocycles. The van der Waals surface area contributed by atoms with E-state index in [0.717, 1.165) is 0 Å². The molecule has 0 radical (unpaired) electrons. The Hall–Kier alpha value is -2.43. The van der Waals surface area contributed by atoms with Gasteiger partial charge in [0.05, 0.1) is 0 Å². The number of hydrogen-bond acceptors (Lipinski definition) is 4. The summed E-state index contributed by atoms with van der Waals surface area (Å²) < 4.78 is 4.88. The van der Waals surface area contributed by atoms with Crippen molar-refractivity contribution in [3.8, 4) is 0 Å². The molecule has 2 aromatic heterocycles. The van der Waals surface area contributed by atoms with E-state index in [1.807, 2.05) is 0 Å². The van der Waals surface area contributed by atoms with Gasteiger partial charge in [0.1, 0.15) is 0 Å². The number of carbonyl (C=O) groups excluding carboxylic acids is 1. The third kappa shape index (κ3) is 1.83. The Kier molecular flexibility index (Phi) is 2.51. The molecule has 1 N–H and O–H groups in total. The fraction of sp³-hybridized carbons (Fsp3) is 0. The second kappa shape index (κ2) is 3.98. The van der Waals surface area contributed by atoms with Crippen LogP contribution >= 0.6 is 0 Å². The molecule has 80 valence electrons. The van der Waals surface area contributed by atoms with Crippen LogP contribution in [0.5, 0.6) is 0 Å². The van der Waals surface area contributed by atoms with Crippen LogP contribution in [0.3, 0.4) is 0 Å². The maximum absolute atomic E-state index is 11.8. The SMILES string of the molecule is O=C(O)c1ccc(C(=O)c2cccnc2)o1. The predicted octanol–water partition coefficient (Wildman–Crippen LogP) is 1.60. The molecule has 0 aromatic carbocycles. The molecule has 0 saturated carbocycles. The first kappa shape index (κ1) is 10.1.